The summed E-state index contributed by atoms with van der Waals surface area (Å²) in [5.41, 5.74) is 0. The highest BCUT2D eigenvalue weighted by atomic mass is 16.6. The average Bonchev–Trinajstić information content (AvgIpc) is 2.48. The van der Waals surface area contributed by atoms with E-state index in [1.807, 2.05) is 30.3 Å². The van der Waals surface area contributed by atoms with E-state index in [-0.39, 0.29) is 5.97 Å². The topological polar surface area (TPSA) is 48.0 Å². The van der Waals surface area contributed by atoms with Crippen molar-refractivity contribution in [1.29, 1.82) is 0 Å². The van der Waals surface area contributed by atoms with Crippen LogP contribution in [0, 0.1) is 0 Å². The Morgan fingerprint density at radius 3 is 2.95 bits per heavy atom. The number of methoxy groups -OCH3 is 1. The molecule has 1 saturated heterocycles. The maximum absolute atomic E-state index is 11.4. The summed E-state index contributed by atoms with van der Waals surface area (Å²) in [6.07, 6.45) is -0.476. The number of ether oxygens (including phenoxy) is 3. The van der Waals surface area contributed by atoms with Gasteiger partial charge in [0, 0.05) is 19.6 Å². The van der Waals surface area contributed by atoms with Crippen LogP contribution in [0.15, 0.2) is 30.3 Å². The summed E-state index contributed by atoms with van der Waals surface area (Å²) in [6.45, 7) is 3.28. The molecule has 0 amide bonds. The minimum Gasteiger partial charge on any atom is -0.492 e. The highest BCUT2D eigenvalue weighted by Crippen LogP contribution is 2.09. The molecule has 1 aliphatic rings. The zero-order chi connectivity index (χ0) is 13.5. The van der Waals surface area contributed by atoms with Gasteiger partial charge in [-0.15, -0.1) is 0 Å². The highest BCUT2D eigenvalue weighted by molar-refractivity contribution is 5.74. The van der Waals surface area contributed by atoms with E-state index in [0.717, 1.165) is 18.8 Å². The summed E-state index contributed by atoms with van der Waals surface area (Å²) in [5.74, 6) is 0.550. The van der Waals surface area contributed by atoms with Gasteiger partial charge < -0.3 is 14.2 Å². The van der Waals surface area contributed by atoms with Gasteiger partial charge in [-0.2, -0.15) is 0 Å². The van der Waals surface area contributed by atoms with E-state index in [1.54, 1.807) is 0 Å². The Morgan fingerprint density at radius 1 is 1.42 bits per heavy atom. The fraction of sp³-hybridized carbons (Fsp3) is 0.500. The van der Waals surface area contributed by atoms with E-state index in [4.69, 9.17) is 9.47 Å². The van der Waals surface area contributed by atoms with Crippen LogP contribution in [0.4, 0.5) is 0 Å². The summed E-state index contributed by atoms with van der Waals surface area (Å²) >= 11 is 0. The van der Waals surface area contributed by atoms with Gasteiger partial charge in [0.05, 0.1) is 13.7 Å². The predicted molar refractivity (Wildman–Crippen MR) is 70.1 cm³/mol. The van der Waals surface area contributed by atoms with Gasteiger partial charge in [-0.3, -0.25) is 4.90 Å². The monoisotopic (exact) mass is 265 g/mol. The second kappa shape index (κ2) is 7.11. The van der Waals surface area contributed by atoms with Crippen LogP contribution in [0.2, 0.25) is 0 Å². The molecule has 1 aromatic carbocycles. The molecule has 19 heavy (non-hydrogen) atoms. The van der Waals surface area contributed by atoms with Gasteiger partial charge >= 0.3 is 5.97 Å². The van der Waals surface area contributed by atoms with E-state index in [1.165, 1.54) is 7.11 Å². The summed E-state index contributed by atoms with van der Waals surface area (Å²) < 4.78 is 15.7. The molecule has 5 nitrogen and oxygen atoms in total. The summed E-state index contributed by atoms with van der Waals surface area (Å²) in [5, 5.41) is 0. The number of para-hydroxylation sites is 1. The molecule has 1 heterocycles. The Balaban J connectivity index is 1.72. The molecule has 1 aliphatic heterocycles. The third kappa shape index (κ3) is 4.22. The third-order valence-electron chi connectivity index (χ3n) is 3.03. The molecule has 5 heteroatoms. The minimum atomic E-state index is -0.476. The van der Waals surface area contributed by atoms with Gasteiger partial charge in [0.25, 0.3) is 0 Å². The Kier molecular flexibility index (Phi) is 5.18. The zero-order valence-electron chi connectivity index (χ0n) is 11.1. The van der Waals surface area contributed by atoms with Crippen molar-refractivity contribution in [2.45, 2.75) is 6.10 Å². The minimum absolute atomic E-state index is 0.311. The number of rotatable bonds is 5. The van der Waals surface area contributed by atoms with Crippen LogP contribution in [0.3, 0.4) is 0 Å². The van der Waals surface area contributed by atoms with Crippen molar-refractivity contribution >= 4 is 5.97 Å². The van der Waals surface area contributed by atoms with Gasteiger partial charge in [-0.05, 0) is 12.1 Å². The molecule has 104 valence electrons. The number of hydrogen-bond donors (Lipinski definition) is 0. The largest absolute Gasteiger partial charge is 0.492 e. The summed E-state index contributed by atoms with van der Waals surface area (Å²) in [4.78, 5) is 13.5. The summed E-state index contributed by atoms with van der Waals surface area (Å²) in [7, 11) is 1.38. The van der Waals surface area contributed by atoms with E-state index in [0.29, 0.717) is 19.8 Å². The smallest absolute Gasteiger partial charge is 0.336 e. The standard InChI is InChI=1S/C14H19NO4/c1-17-14(16)13-11-15(8-10-19-13)7-9-18-12-5-3-2-4-6-12/h2-6,13H,7-11H2,1H3. The van der Waals surface area contributed by atoms with Crippen molar-refractivity contribution in [3.63, 3.8) is 0 Å². The molecule has 0 N–H and O–H groups in total. The van der Waals surface area contributed by atoms with Crippen LogP contribution in [-0.2, 0) is 14.3 Å². The highest BCUT2D eigenvalue weighted by Gasteiger charge is 2.26. The molecule has 1 aromatic rings. The molecule has 0 aliphatic carbocycles. The van der Waals surface area contributed by atoms with E-state index in [2.05, 4.69) is 9.64 Å². The van der Waals surface area contributed by atoms with Gasteiger partial charge in [0.1, 0.15) is 12.4 Å². The Labute approximate surface area is 113 Å². The lowest BCUT2D eigenvalue weighted by molar-refractivity contribution is -0.159. The molecule has 0 bridgehead atoms. The van der Waals surface area contributed by atoms with Crippen molar-refractivity contribution < 1.29 is 19.0 Å². The van der Waals surface area contributed by atoms with Crippen LogP contribution in [0.1, 0.15) is 0 Å². The molecular formula is C14H19NO4. The number of carbonyl (C=O) groups excluding carboxylic acids is 1. The zero-order valence-corrected chi connectivity index (χ0v) is 11.1. The first-order chi connectivity index (χ1) is 9.29. The van der Waals surface area contributed by atoms with E-state index < -0.39 is 6.10 Å². The normalized spacial score (nSPS) is 19.9. The van der Waals surface area contributed by atoms with Gasteiger partial charge in [0.2, 0.25) is 0 Å². The van der Waals surface area contributed by atoms with Crippen LogP contribution in [0.25, 0.3) is 0 Å². The number of carbonyl (C=O) groups is 1. The van der Waals surface area contributed by atoms with E-state index in [9.17, 15) is 4.79 Å². The molecule has 1 unspecified atom stereocenters. The number of morpholine rings is 1. The first kappa shape index (κ1) is 13.8. The van der Waals surface area contributed by atoms with Crippen molar-refractivity contribution in [3.8, 4) is 5.75 Å². The maximum atomic E-state index is 11.4. The number of hydrogen-bond acceptors (Lipinski definition) is 5. The van der Waals surface area contributed by atoms with Crippen LogP contribution >= 0.6 is 0 Å². The first-order valence-corrected chi connectivity index (χ1v) is 6.39. The lowest BCUT2D eigenvalue weighted by atomic mass is 10.3. The maximum Gasteiger partial charge on any atom is 0.336 e. The molecule has 1 atom stereocenters. The first-order valence-electron chi connectivity index (χ1n) is 6.39. The quantitative estimate of drug-likeness (QED) is 0.742. The van der Waals surface area contributed by atoms with Crippen LogP contribution in [-0.4, -0.2) is 56.9 Å². The van der Waals surface area contributed by atoms with Gasteiger partial charge in [-0.25, -0.2) is 4.79 Å². The lowest BCUT2D eigenvalue weighted by Crippen LogP contribution is -2.47. The number of esters is 1. The predicted octanol–water partition coefficient (Wildman–Crippen LogP) is 0.939. The molecular weight excluding hydrogens is 246 g/mol. The van der Waals surface area contributed by atoms with Crippen molar-refractivity contribution in [1.82, 2.24) is 4.90 Å². The molecule has 0 aromatic heterocycles. The second-order valence-electron chi connectivity index (χ2n) is 4.34. The molecule has 2 rings (SSSR count). The Bertz CT molecular complexity index is 396. The van der Waals surface area contributed by atoms with Crippen molar-refractivity contribution in [3.05, 3.63) is 30.3 Å². The SMILES string of the molecule is COC(=O)C1CN(CCOc2ccccc2)CCO1. The Hall–Kier alpha value is -1.59. The van der Waals surface area contributed by atoms with E-state index >= 15 is 0 Å². The second-order valence-corrected chi connectivity index (χ2v) is 4.34. The number of nitrogens with zero attached hydrogens (tertiary/aromatic N) is 1. The molecule has 1 fully saturated rings. The van der Waals surface area contributed by atoms with Crippen molar-refractivity contribution in [2.75, 3.05) is 40.0 Å². The average molecular weight is 265 g/mol. The van der Waals surface area contributed by atoms with Crippen molar-refractivity contribution in [2.24, 2.45) is 0 Å². The van der Waals surface area contributed by atoms with Gasteiger partial charge in [-0.1, -0.05) is 18.2 Å². The van der Waals surface area contributed by atoms with Crippen LogP contribution < -0.4 is 4.74 Å². The van der Waals surface area contributed by atoms with Crippen LogP contribution in [0.5, 0.6) is 5.75 Å². The molecule has 0 radical (unpaired) electrons. The fourth-order valence-electron chi connectivity index (χ4n) is 1.99. The van der Waals surface area contributed by atoms with Gasteiger partial charge in [0.15, 0.2) is 6.10 Å². The fourth-order valence-corrected chi connectivity index (χ4v) is 1.99. The Morgan fingerprint density at radius 2 is 2.21 bits per heavy atom. The molecule has 0 saturated carbocycles. The summed E-state index contributed by atoms with van der Waals surface area (Å²) in [6, 6.07) is 9.69. The lowest BCUT2D eigenvalue weighted by Gasteiger charge is -2.31. The third-order valence-corrected chi connectivity index (χ3v) is 3.03. The molecule has 0 spiro atoms. The number of benzene rings is 1.